The van der Waals surface area contributed by atoms with E-state index in [1.54, 1.807) is 19.9 Å². The van der Waals surface area contributed by atoms with Crippen LogP contribution in [-0.2, 0) is 26.4 Å². The Morgan fingerprint density at radius 2 is 2.18 bits per heavy atom. The summed E-state index contributed by atoms with van der Waals surface area (Å²) in [5.74, 6) is -2.59. The number of benzene rings is 1. The van der Waals surface area contributed by atoms with Crippen LogP contribution >= 0.6 is 0 Å². The van der Waals surface area contributed by atoms with Crippen molar-refractivity contribution >= 4 is 22.7 Å². The Morgan fingerprint density at radius 1 is 1.55 bits per heavy atom. The van der Waals surface area contributed by atoms with Gasteiger partial charge in [-0.15, -0.1) is 0 Å². The second-order valence-corrected chi connectivity index (χ2v) is 5.60. The van der Waals surface area contributed by atoms with Gasteiger partial charge in [0.1, 0.15) is 0 Å². The van der Waals surface area contributed by atoms with Crippen molar-refractivity contribution in [3.8, 4) is 6.07 Å². The van der Waals surface area contributed by atoms with E-state index in [4.69, 9.17) is 14.6 Å². The lowest BCUT2D eigenvalue weighted by atomic mass is 9.97. The molecule has 1 rings (SSSR count). The number of nitrogens with zero attached hydrogens (tertiary/aromatic N) is 2. The lowest BCUT2D eigenvalue weighted by Crippen LogP contribution is -2.19. The van der Waals surface area contributed by atoms with E-state index in [0.29, 0.717) is 0 Å². The van der Waals surface area contributed by atoms with E-state index < -0.39 is 39.7 Å². The Bertz CT molecular complexity index is 652. The number of ether oxygens (including phenoxy) is 1. The predicted molar refractivity (Wildman–Crippen MR) is 77.2 cm³/mol. The average molecular weight is 326 g/mol. The van der Waals surface area contributed by atoms with Gasteiger partial charge in [-0.1, -0.05) is 6.07 Å². The van der Waals surface area contributed by atoms with Crippen LogP contribution in [-0.4, -0.2) is 25.8 Å². The quantitative estimate of drug-likeness (QED) is 0.365. The second-order valence-electron chi connectivity index (χ2n) is 4.66. The Kier molecular flexibility index (Phi) is 6.15. The van der Waals surface area contributed by atoms with E-state index in [-0.39, 0.29) is 16.9 Å². The summed E-state index contributed by atoms with van der Waals surface area (Å²) >= 11 is -2.15. The molecule has 0 radical (unpaired) electrons. The van der Waals surface area contributed by atoms with Crippen molar-refractivity contribution in [3.63, 3.8) is 0 Å². The number of nitro benzene ring substituents is 1. The van der Waals surface area contributed by atoms with Gasteiger partial charge >= 0.3 is 5.97 Å². The smallest absolute Gasteiger partial charge is 0.328 e. The minimum atomic E-state index is -2.15. The molecule has 0 spiro atoms. The summed E-state index contributed by atoms with van der Waals surface area (Å²) in [5, 5.41) is 20.3. The van der Waals surface area contributed by atoms with Crippen LogP contribution in [0.3, 0.4) is 0 Å². The van der Waals surface area contributed by atoms with Crippen molar-refractivity contribution in [3.05, 3.63) is 39.4 Å². The molecule has 0 aliphatic rings. The van der Waals surface area contributed by atoms with Gasteiger partial charge in [0, 0.05) is 6.07 Å². The number of carbonyl (C=O) groups is 1. The molecule has 9 heteroatoms. The van der Waals surface area contributed by atoms with Gasteiger partial charge in [-0.2, -0.15) is 5.26 Å². The molecule has 1 aromatic carbocycles. The molecule has 22 heavy (non-hydrogen) atoms. The van der Waals surface area contributed by atoms with Crippen molar-refractivity contribution in [1.29, 1.82) is 5.26 Å². The maximum absolute atomic E-state index is 11.9. The highest BCUT2D eigenvalue weighted by molar-refractivity contribution is 7.78. The standard InChI is InChI=1S/C13H14N2O6S/c1-8(2)21-13(16)11(6-14)10-4-3-9(7-22(19)20)5-12(10)15(17)18/h3-5,8,11H,7H2,1-2H3,(H,19,20). The molecule has 0 aromatic heterocycles. The number of hydrogen-bond donors (Lipinski definition) is 1. The van der Waals surface area contributed by atoms with Crippen LogP contribution in [0, 0.1) is 21.4 Å². The van der Waals surface area contributed by atoms with Crippen LogP contribution in [0.1, 0.15) is 30.9 Å². The lowest BCUT2D eigenvalue weighted by molar-refractivity contribution is -0.385. The molecule has 1 N–H and O–H groups in total. The maximum Gasteiger partial charge on any atom is 0.328 e. The highest BCUT2D eigenvalue weighted by Gasteiger charge is 2.30. The molecule has 118 valence electrons. The molecule has 0 amide bonds. The molecule has 0 aliphatic heterocycles. The fourth-order valence-corrected chi connectivity index (χ4v) is 2.24. The zero-order chi connectivity index (χ0) is 16.9. The normalized spacial score (nSPS) is 13.2. The highest BCUT2D eigenvalue weighted by Crippen LogP contribution is 2.29. The minimum absolute atomic E-state index is 0.106. The molecule has 2 atom stereocenters. The van der Waals surface area contributed by atoms with Gasteiger partial charge in [0.25, 0.3) is 5.69 Å². The third-order valence-electron chi connectivity index (χ3n) is 2.61. The number of nitro groups is 1. The molecule has 0 aliphatic carbocycles. The van der Waals surface area contributed by atoms with Gasteiger partial charge in [0.2, 0.25) is 0 Å². The molecule has 1 aromatic rings. The number of carbonyl (C=O) groups excluding carboxylic acids is 1. The number of nitriles is 1. The summed E-state index contributed by atoms with van der Waals surface area (Å²) in [7, 11) is 0. The van der Waals surface area contributed by atoms with Crippen molar-refractivity contribution in [2.75, 3.05) is 0 Å². The van der Waals surface area contributed by atoms with Gasteiger partial charge in [-0.25, -0.2) is 4.21 Å². The predicted octanol–water partition coefficient (Wildman–Crippen LogP) is 1.88. The van der Waals surface area contributed by atoms with Gasteiger partial charge in [0.15, 0.2) is 17.0 Å². The van der Waals surface area contributed by atoms with E-state index in [9.17, 15) is 19.1 Å². The number of rotatable bonds is 6. The summed E-state index contributed by atoms with van der Waals surface area (Å²) < 4.78 is 24.5. The molecular formula is C13H14N2O6S. The molecule has 0 bridgehead atoms. The van der Waals surface area contributed by atoms with E-state index in [1.807, 2.05) is 0 Å². The largest absolute Gasteiger partial charge is 0.462 e. The lowest BCUT2D eigenvalue weighted by Gasteiger charge is -2.13. The maximum atomic E-state index is 11.9. The van der Waals surface area contributed by atoms with Crippen molar-refractivity contribution in [2.24, 2.45) is 0 Å². The summed E-state index contributed by atoms with van der Waals surface area (Å²) in [5.41, 5.74) is -0.314. The van der Waals surface area contributed by atoms with Crippen LogP contribution < -0.4 is 0 Å². The Labute approximate surface area is 129 Å². The minimum Gasteiger partial charge on any atom is -0.462 e. The molecule has 0 heterocycles. The molecule has 2 unspecified atom stereocenters. The fourth-order valence-electron chi connectivity index (χ4n) is 1.77. The molecule has 0 saturated heterocycles. The van der Waals surface area contributed by atoms with E-state index >= 15 is 0 Å². The van der Waals surface area contributed by atoms with Gasteiger partial charge in [0.05, 0.1) is 28.4 Å². The summed E-state index contributed by atoms with van der Waals surface area (Å²) in [6.45, 7) is 3.20. The molecule has 0 saturated carbocycles. The van der Waals surface area contributed by atoms with Crippen molar-refractivity contribution in [2.45, 2.75) is 31.6 Å². The molecule has 0 fully saturated rings. The first-order chi connectivity index (χ1) is 10.3. The van der Waals surface area contributed by atoms with Gasteiger partial charge < -0.3 is 9.29 Å². The van der Waals surface area contributed by atoms with Crippen molar-refractivity contribution in [1.82, 2.24) is 0 Å². The van der Waals surface area contributed by atoms with E-state index in [0.717, 1.165) is 6.07 Å². The summed E-state index contributed by atoms with van der Waals surface area (Å²) in [6.07, 6.45) is -0.460. The Hall–Kier alpha value is -2.31. The SMILES string of the molecule is CC(C)OC(=O)C(C#N)c1ccc(CS(=O)O)cc1[N+](=O)[O-]. The van der Waals surface area contributed by atoms with E-state index in [1.165, 1.54) is 12.1 Å². The summed E-state index contributed by atoms with van der Waals surface area (Å²) in [6, 6.07) is 5.37. The topological polar surface area (TPSA) is 131 Å². The number of hydrogen-bond acceptors (Lipinski definition) is 6. The van der Waals surface area contributed by atoms with Crippen LogP contribution in [0.15, 0.2) is 18.2 Å². The van der Waals surface area contributed by atoms with Crippen LogP contribution in [0.2, 0.25) is 0 Å². The van der Waals surface area contributed by atoms with Crippen molar-refractivity contribution < 1.29 is 23.2 Å². The van der Waals surface area contributed by atoms with Crippen LogP contribution in [0.4, 0.5) is 5.69 Å². The second kappa shape index (κ2) is 7.63. The van der Waals surface area contributed by atoms with Crippen LogP contribution in [0.5, 0.6) is 0 Å². The molecule has 8 nitrogen and oxygen atoms in total. The zero-order valence-corrected chi connectivity index (χ0v) is 12.7. The first-order valence-electron chi connectivity index (χ1n) is 6.21. The van der Waals surface area contributed by atoms with Crippen LogP contribution in [0.25, 0.3) is 0 Å². The van der Waals surface area contributed by atoms with E-state index in [2.05, 4.69) is 0 Å². The highest BCUT2D eigenvalue weighted by atomic mass is 32.2. The third kappa shape index (κ3) is 4.61. The fraction of sp³-hybridized carbons (Fsp3) is 0.385. The monoisotopic (exact) mass is 326 g/mol. The number of esters is 1. The Balaban J connectivity index is 3.27. The third-order valence-corrected chi connectivity index (χ3v) is 3.19. The average Bonchev–Trinajstić information content (AvgIpc) is 2.39. The Morgan fingerprint density at radius 3 is 2.64 bits per heavy atom. The first-order valence-corrected chi connectivity index (χ1v) is 7.48. The molecular weight excluding hydrogens is 312 g/mol. The first kappa shape index (κ1) is 17.7. The van der Waals surface area contributed by atoms with Gasteiger partial charge in [-0.05, 0) is 25.5 Å². The summed E-state index contributed by atoms with van der Waals surface area (Å²) in [4.78, 5) is 22.3. The van der Waals surface area contributed by atoms with Gasteiger partial charge in [-0.3, -0.25) is 14.9 Å². The zero-order valence-electron chi connectivity index (χ0n) is 11.9.